The lowest BCUT2D eigenvalue weighted by Crippen LogP contribution is -2.41. The molecule has 0 heterocycles. The topological polar surface area (TPSA) is 159 Å². The molecule has 0 aliphatic carbocycles. The van der Waals surface area contributed by atoms with Gasteiger partial charge in [-0.2, -0.15) is 0 Å². The number of ether oxygens (including phenoxy) is 1. The summed E-state index contributed by atoms with van der Waals surface area (Å²) in [5.41, 5.74) is 0. The van der Waals surface area contributed by atoms with Crippen molar-refractivity contribution in [3.63, 3.8) is 0 Å². The normalized spacial score (nSPS) is 13.6. The minimum Gasteiger partial charge on any atom is -0.480 e. The summed E-state index contributed by atoms with van der Waals surface area (Å²) in [6, 6.07) is -1.96. The number of amides is 2. The molecule has 0 saturated heterocycles. The van der Waals surface area contributed by atoms with E-state index in [2.05, 4.69) is 10.6 Å². The van der Waals surface area contributed by atoms with E-state index in [1.54, 1.807) is 13.8 Å². The van der Waals surface area contributed by atoms with E-state index in [-0.39, 0.29) is 28.8 Å². The molecule has 196 valence electrons. The third-order valence-corrected chi connectivity index (χ3v) is 9.50. The Morgan fingerprint density at radius 3 is 1.76 bits per heavy atom. The SMILES string of the molecule is CC(=O)NC(CSSCC(CCCCC(=O)OC(C)C)SSCC(NC(C)=O)C(=O)O)C(=O)O. The Balaban J connectivity index is 4.68. The van der Waals surface area contributed by atoms with Crippen LogP contribution in [0.2, 0.25) is 0 Å². The number of hydrogen-bond acceptors (Lipinski definition) is 10. The number of carboxylic acids is 2. The largest absolute Gasteiger partial charge is 0.480 e. The summed E-state index contributed by atoms with van der Waals surface area (Å²) in [6.07, 6.45) is 2.38. The summed E-state index contributed by atoms with van der Waals surface area (Å²) >= 11 is 0. The number of esters is 1. The molecule has 0 spiro atoms. The highest BCUT2D eigenvalue weighted by Gasteiger charge is 2.21. The predicted molar refractivity (Wildman–Crippen MR) is 139 cm³/mol. The number of rotatable bonds is 19. The Kier molecular flexibility index (Phi) is 18.3. The zero-order valence-corrected chi connectivity index (χ0v) is 23.0. The number of carbonyl (C=O) groups excluding carboxylic acids is 3. The molecule has 0 aromatic carbocycles. The zero-order chi connectivity index (χ0) is 26.1. The van der Waals surface area contributed by atoms with E-state index in [1.807, 2.05) is 0 Å². The lowest BCUT2D eigenvalue weighted by atomic mass is 10.1. The second-order valence-electron chi connectivity index (χ2n) is 7.54. The molecule has 0 aromatic heterocycles. The van der Waals surface area contributed by atoms with E-state index in [9.17, 15) is 34.2 Å². The predicted octanol–water partition coefficient (Wildman–Crippen LogP) is 2.81. The van der Waals surface area contributed by atoms with Crippen LogP contribution in [0, 0.1) is 0 Å². The van der Waals surface area contributed by atoms with Gasteiger partial charge in [-0.3, -0.25) is 14.4 Å². The number of aliphatic carboxylic acids is 2. The van der Waals surface area contributed by atoms with Gasteiger partial charge in [0, 0.05) is 42.8 Å². The van der Waals surface area contributed by atoms with E-state index in [0.29, 0.717) is 18.6 Å². The standard InChI is InChI=1S/C20H34N2O8S4/c1-12(2)30-18(25)8-6-5-7-15(34-33-11-17(20(28)29)22-14(4)24)9-31-32-10-16(19(26)27)21-13(3)23/h12,15-17H,5-11H2,1-4H3,(H,21,23)(H,22,24)(H,26,27)(H,28,29). The zero-order valence-electron chi connectivity index (χ0n) is 19.7. The fourth-order valence-corrected chi connectivity index (χ4v) is 8.35. The van der Waals surface area contributed by atoms with Crippen LogP contribution in [0.5, 0.6) is 0 Å². The molecule has 14 heteroatoms. The molecule has 3 atom stereocenters. The number of carboxylic acid groups (broad SMARTS) is 2. The number of carbonyl (C=O) groups is 5. The van der Waals surface area contributed by atoms with Gasteiger partial charge in [0.05, 0.1) is 6.10 Å². The van der Waals surface area contributed by atoms with Gasteiger partial charge < -0.3 is 25.6 Å². The van der Waals surface area contributed by atoms with Gasteiger partial charge in [-0.15, -0.1) is 0 Å². The second kappa shape index (κ2) is 19.0. The molecule has 2 amide bonds. The summed E-state index contributed by atoms with van der Waals surface area (Å²) in [7, 11) is 5.66. The lowest BCUT2D eigenvalue weighted by Gasteiger charge is -2.18. The Labute approximate surface area is 216 Å². The van der Waals surface area contributed by atoms with Crippen molar-refractivity contribution in [3.8, 4) is 0 Å². The molecule has 0 bridgehead atoms. The summed E-state index contributed by atoms with van der Waals surface area (Å²) in [5, 5.41) is 23.3. The van der Waals surface area contributed by atoms with Crippen molar-refractivity contribution in [2.45, 2.75) is 76.8 Å². The van der Waals surface area contributed by atoms with Crippen LogP contribution < -0.4 is 10.6 Å². The van der Waals surface area contributed by atoms with Crippen LogP contribution in [0.3, 0.4) is 0 Å². The van der Waals surface area contributed by atoms with Gasteiger partial charge in [0.25, 0.3) is 0 Å². The minimum absolute atomic E-state index is 0.111. The Morgan fingerprint density at radius 2 is 1.29 bits per heavy atom. The van der Waals surface area contributed by atoms with Crippen LogP contribution in [0.1, 0.15) is 53.4 Å². The highest BCUT2D eigenvalue weighted by atomic mass is 33.1. The molecule has 0 fully saturated rings. The van der Waals surface area contributed by atoms with Crippen LogP contribution in [-0.2, 0) is 28.7 Å². The summed E-state index contributed by atoms with van der Waals surface area (Å²) in [5.74, 6) is -2.22. The first-order chi connectivity index (χ1) is 15.9. The quantitative estimate of drug-likeness (QED) is 0.104. The summed E-state index contributed by atoms with van der Waals surface area (Å²) in [6.45, 7) is 6.12. The molecule has 0 aromatic rings. The molecule has 4 N–H and O–H groups in total. The van der Waals surface area contributed by atoms with E-state index >= 15 is 0 Å². The van der Waals surface area contributed by atoms with Crippen molar-refractivity contribution in [2.75, 3.05) is 17.3 Å². The van der Waals surface area contributed by atoms with Gasteiger partial charge >= 0.3 is 17.9 Å². The Morgan fingerprint density at radius 1 is 0.794 bits per heavy atom. The van der Waals surface area contributed by atoms with Gasteiger partial charge in [-0.25, -0.2) is 9.59 Å². The Bertz CT molecular complexity index is 681. The van der Waals surface area contributed by atoms with Gasteiger partial charge in [-0.05, 0) is 26.7 Å². The Hall–Kier alpha value is -1.25. The average molecular weight is 559 g/mol. The molecule has 0 aliphatic rings. The van der Waals surface area contributed by atoms with Gasteiger partial charge in [0.1, 0.15) is 12.1 Å². The first kappa shape index (κ1) is 32.8. The highest BCUT2D eigenvalue weighted by Crippen LogP contribution is 2.35. The van der Waals surface area contributed by atoms with Crippen LogP contribution >= 0.6 is 43.2 Å². The third kappa shape index (κ3) is 18.1. The fraction of sp³-hybridized carbons (Fsp3) is 0.750. The van der Waals surface area contributed by atoms with Crippen molar-refractivity contribution in [3.05, 3.63) is 0 Å². The average Bonchev–Trinajstić information content (AvgIpc) is 2.70. The third-order valence-electron chi connectivity index (χ3n) is 3.89. The van der Waals surface area contributed by atoms with E-state index in [0.717, 1.165) is 12.8 Å². The number of unbranched alkanes of at least 4 members (excludes halogenated alkanes) is 1. The van der Waals surface area contributed by atoms with Crippen molar-refractivity contribution in [1.29, 1.82) is 0 Å². The van der Waals surface area contributed by atoms with E-state index in [1.165, 1.54) is 57.0 Å². The van der Waals surface area contributed by atoms with Crippen LogP contribution in [-0.4, -0.2) is 80.6 Å². The molecular formula is C20H34N2O8S4. The lowest BCUT2D eigenvalue weighted by molar-refractivity contribution is -0.147. The maximum atomic E-state index is 11.7. The van der Waals surface area contributed by atoms with Gasteiger partial charge in [-0.1, -0.05) is 49.6 Å². The van der Waals surface area contributed by atoms with E-state index in [4.69, 9.17) is 4.74 Å². The molecule has 10 nitrogen and oxygen atoms in total. The van der Waals surface area contributed by atoms with E-state index < -0.39 is 35.8 Å². The first-order valence-corrected chi connectivity index (χ1v) is 15.5. The van der Waals surface area contributed by atoms with Crippen LogP contribution in [0.25, 0.3) is 0 Å². The van der Waals surface area contributed by atoms with Gasteiger partial charge in [0.15, 0.2) is 0 Å². The number of nitrogens with one attached hydrogen (secondary N) is 2. The molecule has 3 unspecified atom stereocenters. The summed E-state index contributed by atoms with van der Waals surface area (Å²) < 4.78 is 5.13. The molecule has 0 rings (SSSR count). The first-order valence-electron chi connectivity index (χ1n) is 10.6. The monoisotopic (exact) mass is 558 g/mol. The maximum absolute atomic E-state index is 11.7. The molecule has 0 aliphatic heterocycles. The van der Waals surface area contributed by atoms with Crippen LogP contribution in [0.4, 0.5) is 0 Å². The van der Waals surface area contributed by atoms with Crippen molar-refractivity contribution in [2.24, 2.45) is 0 Å². The molecule has 0 radical (unpaired) electrons. The van der Waals surface area contributed by atoms with Crippen molar-refractivity contribution < 1.29 is 38.9 Å². The molecule has 34 heavy (non-hydrogen) atoms. The molecular weight excluding hydrogens is 524 g/mol. The second-order valence-corrected chi connectivity index (χ2v) is 12.8. The molecule has 0 saturated carbocycles. The minimum atomic E-state index is -1.11. The smallest absolute Gasteiger partial charge is 0.327 e. The van der Waals surface area contributed by atoms with Crippen molar-refractivity contribution in [1.82, 2.24) is 10.6 Å². The van der Waals surface area contributed by atoms with Crippen LogP contribution in [0.15, 0.2) is 0 Å². The fourth-order valence-electron chi connectivity index (χ4n) is 2.41. The highest BCUT2D eigenvalue weighted by molar-refractivity contribution is 8.78. The maximum Gasteiger partial charge on any atom is 0.327 e. The van der Waals surface area contributed by atoms with Gasteiger partial charge in [0.2, 0.25) is 11.8 Å². The van der Waals surface area contributed by atoms with Crippen molar-refractivity contribution >= 4 is 72.9 Å². The number of hydrogen-bond donors (Lipinski definition) is 4. The summed E-state index contributed by atoms with van der Waals surface area (Å²) in [4.78, 5) is 56.6.